The van der Waals surface area contributed by atoms with Gasteiger partial charge in [0.25, 0.3) is 5.56 Å². The Morgan fingerprint density at radius 3 is 2.65 bits per heavy atom. The normalized spacial score (nSPS) is 10.7. The van der Waals surface area contributed by atoms with E-state index in [2.05, 4.69) is 10.3 Å². The van der Waals surface area contributed by atoms with Gasteiger partial charge in [-0.2, -0.15) is 0 Å². The number of pyridine rings is 1. The number of fused-ring (bicyclic) bond motifs is 1. The number of amides is 1. The summed E-state index contributed by atoms with van der Waals surface area (Å²) in [5, 5.41) is 5.65. The largest absolute Gasteiger partial charge is 0.493 e. The summed E-state index contributed by atoms with van der Waals surface area (Å²) in [7, 11) is 3.12. The number of aromatic amines is 1. The van der Waals surface area contributed by atoms with Crippen molar-refractivity contribution in [2.24, 2.45) is 0 Å². The van der Waals surface area contributed by atoms with Crippen LogP contribution >= 0.6 is 11.3 Å². The van der Waals surface area contributed by atoms with Crippen molar-refractivity contribution in [3.05, 3.63) is 56.5 Å². The van der Waals surface area contributed by atoms with Crippen LogP contribution in [-0.2, 0) is 17.6 Å². The number of rotatable bonds is 7. The van der Waals surface area contributed by atoms with E-state index >= 15 is 0 Å². The molecule has 26 heavy (non-hydrogen) atoms. The summed E-state index contributed by atoms with van der Waals surface area (Å²) in [5.41, 5.74) is 1.12. The monoisotopic (exact) mass is 372 g/mol. The lowest BCUT2D eigenvalue weighted by Gasteiger charge is -2.10. The van der Waals surface area contributed by atoms with Gasteiger partial charge in [0.1, 0.15) is 0 Å². The molecule has 1 aromatic carbocycles. The number of carbonyl (C=O) groups excluding carboxylic acids is 1. The average Bonchev–Trinajstić information content (AvgIpc) is 3.14. The Balaban J connectivity index is 1.70. The highest BCUT2D eigenvalue weighted by molar-refractivity contribution is 7.10. The summed E-state index contributed by atoms with van der Waals surface area (Å²) >= 11 is 1.55. The number of hydrogen-bond acceptors (Lipinski definition) is 5. The third-order valence-electron chi connectivity index (χ3n) is 4.06. The number of H-pyrrole nitrogens is 1. The van der Waals surface area contributed by atoms with E-state index in [0.717, 1.165) is 10.3 Å². The Hall–Kier alpha value is -2.80. The fourth-order valence-electron chi connectivity index (χ4n) is 2.73. The van der Waals surface area contributed by atoms with Gasteiger partial charge in [0.05, 0.1) is 26.2 Å². The number of nitrogens with one attached hydrogen (secondary N) is 2. The Kier molecular flexibility index (Phi) is 5.58. The van der Waals surface area contributed by atoms with Gasteiger partial charge < -0.3 is 19.8 Å². The Bertz CT molecular complexity index is 964. The number of methoxy groups -OCH3 is 2. The van der Waals surface area contributed by atoms with Crippen molar-refractivity contribution in [2.45, 2.75) is 12.8 Å². The predicted molar refractivity (Wildman–Crippen MR) is 102 cm³/mol. The van der Waals surface area contributed by atoms with Crippen LogP contribution in [0.1, 0.15) is 10.4 Å². The van der Waals surface area contributed by atoms with Crippen LogP contribution in [0.2, 0.25) is 0 Å². The summed E-state index contributed by atoms with van der Waals surface area (Å²) in [6, 6.07) is 9.23. The van der Waals surface area contributed by atoms with Crippen LogP contribution in [0, 0.1) is 0 Å². The average molecular weight is 372 g/mol. The fourth-order valence-corrected chi connectivity index (χ4v) is 3.44. The molecule has 6 nitrogen and oxygen atoms in total. The molecule has 0 spiro atoms. The van der Waals surface area contributed by atoms with Gasteiger partial charge >= 0.3 is 0 Å². The molecular weight excluding hydrogens is 352 g/mol. The van der Waals surface area contributed by atoms with E-state index < -0.39 is 0 Å². The molecule has 1 amide bonds. The van der Waals surface area contributed by atoms with E-state index in [4.69, 9.17) is 9.47 Å². The van der Waals surface area contributed by atoms with Crippen LogP contribution in [0.5, 0.6) is 11.5 Å². The number of benzene rings is 1. The van der Waals surface area contributed by atoms with Crippen molar-refractivity contribution in [1.29, 1.82) is 0 Å². The lowest BCUT2D eigenvalue weighted by molar-refractivity contribution is -0.120. The second-order valence-electron chi connectivity index (χ2n) is 5.77. The third-order valence-corrected chi connectivity index (χ3v) is 4.93. The molecule has 2 N–H and O–H groups in total. The molecule has 0 radical (unpaired) electrons. The smallest absolute Gasteiger partial charge is 0.251 e. The van der Waals surface area contributed by atoms with Crippen LogP contribution < -0.4 is 20.3 Å². The zero-order valence-corrected chi connectivity index (χ0v) is 15.4. The number of ether oxygens (including phenoxy) is 2. The zero-order valence-electron chi connectivity index (χ0n) is 14.6. The van der Waals surface area contributed by atoms with Crippen molar-refractivity contribution < 1.29 is 14.3 Å². The molecule has 0 aliphatic rings. The lowest BCUT2D eigenvalue weighted by Crippen LogP contribution is -2.28. The molecule has 3 aromatic rings. The van der Waals surface area contributed by atoms with E-state index in [0.29, 0.717) is 42.0 Å². The van der Waals surface area contributed by atoms with Crippen LogP contribution in [0.4, 0.5) is 0 Å². The number of aromatic nitrogens is 1. The van der Waals surface area contributed by atoms with Gasteiger partial charge in [-0.1, -0.05) is 6.07 Å². The first-order valence-corrected chi connectivity index (χ1v) is 9.05. The molecular formula is C19H20N2O4S. The highest BCUT2D eigenvalue weighted by atomic mass is 32.1. The topological polar surface area (TPSA) is 80.4 Å². The summed E-state index contributed by atoms with van der Waals surface area (Å²) < 4.78 is 10.6. The van der Waals surface area contributed by atoms with E-state index in [1.807, 2.05) is 29.6 Å². The quantitative estimate of drug-likeness (QED) is 0.668. The minimum atomic E-state index is -0.169. The molecule has 0 unspecified atom stereocenters. The molecule has 136 valence electrons. The second kappa shape index (κ2) is 8.05. The SMILES string of the molecule is COc1cc2cc(CCNC(=O)Cc3cccs3)c(=O)[nH]c2cc1OC. The molecule has 0 fully saturated rings. The minimum Gasteiger partial charge on any atom is -0.493 e. The maximum Gasteiger partial charge on any atom is 0.251 e. The Labute approximate surface area is 154 Å². The second-order valence-corrected chi connectivity index (χ2v) is 6.81. The summed E-state index contributed by atoms with van der Waals surface area (Å²) in [4.78, 5) is 28.1. The molecule has 0 saturated heterocycles. The molecule has 0 atom stereocenters. The van der Waals surface area contributed by atoms with Gasteiger partial charge in [-0.05, 0) is 30.0 Å². The van der Waals surface area contributed by atoms with Gasteiger partial charge in [0, 0.05) is 28.4 Å². The number of carbonyl (C=O) groups is 1. The summed E-state index contributed by atoms with van der Waals surface area (Å²) in [6.45, 7) is 0.409. The molecule has 0 aliphatic carbocycles. The van der Waals surface area contributed by atoms with Gasteiger partial charge in [-0.15, -0.1) is 11.3 Å². The maximum atomic E-state index is 12.3. The third kappa shape index (κ3) is 4.05. The standard InChI is InChI=1S/C19H20N2O4S/c1-24-16-9-13-8-12(19(23)21-15(13)11-17(16)25-2)5-6-20-18(22)10-14-4-3-7-26-14/h3-4,7-9,11H,5-6,10H2,1-2H3,(H,20,22)(H,21,23). The molecule has 3 rings (SSSR count). The highest BCUT2D eigenvalue weighted by Gasteiger charge is 2.10. The molecule has 2 heterocycles. The van der Waals surface area contributed by atoms with Crippen molar-refractivity contribution >= 4 is 28.1 Å². The predicted octanol–water partition coefficient (Wildman–Crippen LogP) is 2.51. The first-order chi connectivity index (χ1) is 12.6. The molecule has 2 aromatic heterocycles. The van der Waals surface area contributed by atoms with Crippen molar-refractivity contribution in [3.63, 3.8) is 0 Å². The van der Waals surface area contributed by atoms with Crippen LogP contribution in [0.15, 0.2) is 40.5 Å². The van der Waals surface area contributed by atoms with Gasteiger partial charge in [-0.3, -0.25) is 9.59 Å². The minimum absolute atomic E-state index is 0.0453. The molecule has 0 bridgehead atoms. The van der Waals surface area contributed by atoms with Crippen LogP contribution in [-0.4, -0.2) is 31.7 Å². The van der Waals surface area contributed by atoms with Gasteiger partial charge in [0.15, 0.2) is 11.5 Å². The molecule has 0 saturated carbocycles. The van der Waals surface area contributed by atoms with Crippen molar-refractivity contribution in [1.82, 2.24) is 10.3 Å². The van der Waals surface area contributed by atoms with E-state index in [1.54, 1.807) is 31.6 Å². The van der Waals surface area contributed by atoms with E-state index in [-0.39, 0.29) is 11.5 Å². The molecule has 0 aliphatic heterocycles. The first kappa shape index (κ1) is 18.0. The van der Waals surface area contributed by atoms with Crippen LogP contribution in [0.25, 0.3) is 10.9 Å². The van der Waals surface area contributed by atoms with Crippen LogP contribution in [0.3, 0.4) is 0 Å². The molecule has 7 heteroatoms. The lowest BCUT2D eigenvalue weighted by atomic mass is 10.1. The Morgan fingerprint density at radius 1 is 1.19 bits per heavy atom. The fraction of sp³-hybridized carbons (Fsp3) is 0.263. The zero-order chi connectivity index (χ0) is 18.5. The van der Waals surface area contributed by atoms with E-state index in [1.165, 1.54) is 0 Å². The van der Waals surface area contributed by atoms with Gasteiger partial charge in [0.2, 0.25) is 5.91 Å². The first-order valence-electron chi connectivity index (χ1n) is 8.17. The van der Waals surface area contributed by atoms with Gasteiger partial charge in [-0.25, -0.2) is 0 Å². The maximum absolute atomic E-state index is 12.3. The number of thiophene rings is 1. The summed E-state index contributed by atoms with van der Waals surface area (Å²) in [5.74, 6) is 1.11. The van der Waals surface area contributed by atoms with E-state index in [9.17, 15) is 9.59 Å². The van der Waals surface area contributed by atoms with Crippen molar-refractivity contribution in [3.8, 4) is 11.5 Å². The highest BCUT2D eigenvalue weighted by Crippen LogP contribution is 2.31. The summed E-state index contributed by atoms with van der Waals surface area (Å²) in [6.07, 6.45) is 0.818. The Morgan fingerprint density at radius 2 is 1.96 bits per heavy atom. The number of hydrogen-bond donors (Lipinski definition) is 2. The van der Waals surface area contributed by atoms with Crippen molar-refractivity contribution in [2.75, 3.05) is 20.8 Å².